The first-order chi connectivity index (χ1) is 20.9. The number of hydrogen-bond donors (Lipinski definition) is 2. The number of ether oxygens (including phenoxy) is 1. The second kappa shape index (κ2) is 11.3. The van der Waals surface area contributed by atoms with Gasteiger partial charge in [-0.3, -0.25) is 9.59 Å². The Morgan fingerprint density at radius 2 is 1.74 bits per heavy atom. The van der Waals surface area contributed by atoms with Crippen molar-refractivity contribution in [2.24, 2.45) is 0 Å². The van der Waals surface area contributed by atoms with Gasteiger partial charge >= 0.3 is 0 Å². The van der Waals surface area contributed by atoms with Crippen LogP contribution in [0, 0.1) is 5.82 Å². The number of pyridine rings is 1. The highest BCUT2D eigenvalue weighted by molar-refractivity contribution is 6.11. The first-order valence-electron chi connectivity index (χ1n) is 14.1. The molecule has 0 spiro atoms. The molecule has 6 rings (SSSR count). The molecule has 9 nitrogen and oxygen atoms in total. The quantitative estimate of drug-likeness (QED) is 0.225. The summed E-state index contributed by atoms with van der Waals surface area (Å²) in [6.45, 7) is 2.05. The van der Waals surface area contributed by atoms with Crippen LogP contribution >= 0.6 is 0 Å². The number of nitrogens with one attached hydrogen (secondary N) is 2. The van der Waals surface area contributed by atoms with E-state index in [1.54, 1.807) is 42.7 Å². The molecule has 0 saturated heterocycles. The zero-order chi connectivity index (χ0) is 30.1. The Balaban J connectivity index is 1.47. The van der Waals surface area contributed by atoms with Crippen LogP contribution in [0.2, 0.25) is 0 Å². The maximum absolute atomic E-state index is 13.7. The van der Waals surface area contributed by atoms with Gasteiger partial charge in [-0.2, -0.15) is 0 Å². The van der Waals surface area contributed by atoms with Crippen molar-refractivity contribution in [3.8, 4) is 28.2 Å². The number of furan rings is 1. The van der Waals surface area contributed by atoms with E-state index in [0.29, 0.717) is 51.5 Å². The Morgan fingerprint density at radius 1 is 1.02 bits per heavy atom. The van der Waals surface area contributed by atoms with E-state index >= 15 is 0 Å². The van der Waals surface area contributed by atoms with Crippen LogP contribution in [-0.2, 0) is 12.0 Å². The van der Waals surface area contributed by atoms with Gasteiger partial charge in [-0.1, -0.05) is 19.4 Å². The SMILES string of the molecule is CCCc1nc2oc(-c3ccc(F)cc3)c(C(=O)NC)c2cc1-c1ccc(OC)c(C(=O)NC2(c3ncccn3)CC2)c1. The van der Waals surface area contributed by atoms with Crippen molar-refractivity contribution < 1.29 is 23.1 Å². The standard InChI is InChI=1S/C33H30FN5O4/c1-4-6-25-22(18-24-27(30(41)35-2)28(43-31(24)38-25)19-7-10-21(34)11-8-19)20-9-12-26(42-3)23(17-20)29(40)39-33(13-14-33)32-36-15-5-16-37-32/h5,7-12,15-18H,4,6,13-14H2,1-3H3,(H,35,41)(H,39,40). The lowest BCUT2D eigenvalue weighted by atomic mass is 9.96. The zero-order valence-corrected chi connectivity index (χ0v) is 24.0. The number of methoxy groups -OCH3 is 1. The van der Waals surface area contributed by atoms with E-state index in [2.05, 4.69) is 20.6 Å². The van der Waals surface area contributed by atoms with Gasteiger partial charge in [0, 0.05) is 30.6 Å². The molecular weight excluding hydrogens is 549 g/mol. The van der Waals surface area contributed by atoms with Crippen molar-refractivity contribution in [3.63, 3.8) is 0 Å². The molecule has 2 aromatic carbocycles. The fraction of sp³-hybridized carbons (Fsp3) is 0.242. The summed E-state index contributed by atoms with van der Waals surface area (Å²) in [5, 5.41) is 6.31. The van der Waals surface area contributed by atoms with Crippen LogP contribution in [0.3, 0.4) is 0 Å². The highest BCUT2D eigenvalue weighted by atomic mass is 19.1. The summed E-state index contributed by atoms with van der Waals surface area (Å²) in [5.74, 6) is 0.246. The normalized spacial score (nSPS) is 13.5. The van der Waals surface area contributed by atoms with Gasteiger partial charge in [-0.05, 0) is 73.4 Å². The number of hydrogen-bond acceptors (Lipinski definition) is 7. The third-order valence-corrected chi connectivity index (χ3v) is 7.66. The van der Waals surface area contributed by atoms with E-state index < -0.39 is 11.4 Å². The van der Waals surface area contributed by atoms with Gasteiger partial charge in [-0.15, -0.1) is 0 Å². The number of carbonyl (C=O) groups is 2. The fourth-order valence-corrected chi connectivity index (χ4v) is 5.30. The third kappa shape index (κ3) is 5.20. The van der Waals surface area contributed by atoms with Crippen LogP contribution in [0.5, 0.6) is 5.75 Å². The molecule has 0 bridgehead atoms. The van der Waals surface area contributed by atoms with Crippen LogP contribution in [0.1, 0.15) is 58.4 Å². The van der Waals surface area contributed by atoms with Gasteiger partial charge < -0.3 is 19.8 Å². The van der Waals surface area contributed by atoms with Crippen LogP contribution in [0.15, 0.2) is 71.4 Å². The van der Waals surface area contributed by atoms with E-state index in [0.717, 1.165) is 36.1 Å². The smallest absolute Gasteiger partial charge is 0.255 e. The minimum atomic E-state index is -0.608. The second-order valence-corrected chi connectivity index (χ2v) is 10.5. The molecule has 43 heavy (non-hydrogen) atoms. The first kappa shape index (κ1) is 28.0. The molecule has 0 unspecified atom stereocenters. The van der Waals surface area contributed by atoms with Gasteiger partial charge in [-0.25, -0.2) is 19.3 Å². The van der Waals surface area contributed by atoms with E-state index in [4.69, 9.17) is 14.1 Å². The van der Waals surface area contributed by atoms with Crippen LogP contribution < -0.4 is 15.4 Å². The van der Waals surface area contributed by atoms with Gasteiger partial charge in [0.15, 0.2) is 5.82 Å². The van der Waals surface area contributed by atoms with E-state index in [9.17, 15) is 14.0 Å². The van der Waals surface area contributed by atoms with Crippen molar-refractivity contribution in [1.29, 1.82) is 0 Å². The number of nitrogens with zero attached hydrogens (tertiary/aromatic N) is 3. The summed E-state index contributed by atoms with van der Waals surface area (Å²) in [5.41, 5.74) is 3.15. The van der Waals surface area contributed by atoms with Gasteiger partial charge in [0.25, 0.3) is 11.8 Å². The van der Waals surface area contributed by atoms with E-state index in [-0.39, 0.29) is 11.8 Å². The molecule has 1 aliphatic rings. The minimum absolute atomic E-state index is 0.297. The Morgan fingerprint density at radius 3 is 2.40 bits per heavy atom. The minimum Gasteiger partial charge on any atom is -0.496 e. The van der Waals surface area contributed by atoms with Crippen molar-refractivity contribution in [2.45, 2.75) is 38.1 Å². The molecule has 3 aromatic heterocycles. The van der Waals surface area contributed by atoms with E-state index in [1.165, 1.54) is 26.3 Å². The molecule has 1 saturated carbocycles. The molecule has 0 radical (unpaired) electrons. The molecule has 1 aliphatic carbocycles. The number of halogens is 1. The molecule has 0 atom stereocenters. The van der Waals surface area contributed by atoms with Gasteiger partial charge in [0.05, 0.1) is 29.3 Å². The Kier molecular flexibility index (Phi) is 7.35. The summed E-state index contributed by atoms with van der Waals surface area (Å²) < 4.78 is 25.4. The highest BCUT2D eigenvalue weighted by Crippen LogP contribution is 2.44. The average molecular weight is 580 g/mol. The maximum Gasteiger partial charge on any atom is 0.255 e. The monoisotopic (exact) mass is 579 g/mol. The molecule has 3 heterocycles. The first-order valence-corrected chi connectivity index (χ1v) is 14.1. The molecule has 2 N–H and O–H groups in total. The summed E-state index contributed by atoms with van der Waals surface area (Å²) >= 11 is 0. The average Bonchev–Trinajstić information content (AvgIpc) is 3.73. The van der Waals surface area contributed by atoms with E-state index in [1.807, 2.05) is 19.1 Å². The van der Waals surface area contributed by atoms with Crippen molar-refractivity contribution in [2.75, 3.05) is 14.2 Å². The second-order valence-electron chi connectivity index (χ2n) is 10.5. The predicted molar refractivity (Wildman–Crippen MR) is 159 cm³/mol. The lowest BCUT2D eigenvalue weighted by Gasteiger charge is -2.18. The molecular formula is C33H30FN5O4. The lowest BCUT2D eigenvalue weighted by molar-refractivity contribution is 0.0923. The van der Waals surface area contributed by atoms with Crippen molar-refractivity contribution in [1.82, 2.24) is 25.6 Å². The Hall–Kier alpha value is -5.12. The van der Waals surface area contributed by atoms with Crippen LogP contribution in [-0.4, -0.2) is 40.9 Å². The number of aromatic nitrogens is 3. The fourth-order valence-electron chi connectivity index (χ4n) is 5.30. The summed E-state index contributed by atoms with van der Waals surface area (Å²) in [4.78, 5) is 40.4. The number of aryl methyl sites for hydroxylation is 1. The highest BCUT2D eigenvalue weighted by Gasteiger charge is 2.48. The number of rotatable bonds is 9. The predicted octanol–water partition coefficient (Wildman–Crippen LogP) is 5.83. The van der Waals surface area contributed by atoms with Gasteiger partial charge in [0.1, 0.15) is 22.9 Å². The molecule has 5 aromatic rings. The molecule has 1 fully saturated rings. The summed E-state index contributed by atoms with van der Waals surface area (Å²) in [7, 11) is 3.06. The summed E-state index contributed by atoms with van der Waals surface area (Å²) in [6, 6.07) is 14.8. The van der Waals surface area contributed by atoms with Gasteiger partial charge in [0.2, 0.25) is 5.71 Å². The molecule has 10 heteroatoms. The largest absolute Gasteiger partial charge is 0.496 e. The maximum atomic E-state index is 13.7. The van der Waals surface area contributed by atoms with Crippen molar-refractivity contribution in [3.05, 3.63) is 95.5 Å². The topological polar surface area (TPSA) is 119 Å². The molecule has 2 amide bonds. The lowest BCUT2D eigenvalue weighted by Crippen LogP contribution is -2.36. The number of amides is 2. The van der Waals surface area contributed by atoms with Crippen LogP contribution in [0.25, 0.3) is 33.6 Å². The third-order valence-electron chi connectivity index (χ3n) is 7.66. The van der Waals surface area contributed by atoms with Crippen molar-refractivity contribution >= 4 is 22.9 Å². The Bertz CT molecular complexity index is 1830. The Labute approximate surface area is 247 Å². The number of fused-ring (bicyclic) bond motifs is 1. The number of benzene rings is 2. The zero-order valence-electron chi connectivity index (χ0n) is 24.0. The van der Waals surface area contributed by atoms with Crippen LogP contribution in [0.4, 0.5) is 4.39 Å². The molecule has 218 valence electrons. The molecule has 0 aliphatic heterocycles. The summed E-state index contributed by atoms with van der Waals surface area (Å²) in [6.07, 6.45) is 6.26. The number of carbonyl (C=O) groups excluding carboxylic acids is 2.